The molecule has 1 atom stereocenters. The van der Waals surface area contributed by atoms with Crippen molar-refractivity contribution in [3.05, 3.63) is 63.6 Å². The highest BCUT2D eigenvalue weighted by molar-refractivity contribution is 6.37. The molecule has 1 aliphatic heterocycles. The predicted octanol–water partition coefficient (Wildman–Crippen LogP) is 4.99. The van der Waals surface area contributed by atoms with E-state index in [1.807, 2.05) is 24.3 Å². The quantitative estimate of drug-likeness (QED) is 0.323. The summed E-state index contributed by atoms with van der Waals surface area (Å²) in [6.07, 6.45) is 1.59. The van der Waals surface area contributed by atoms with Gasteiger partial charge in [0, 0.05) is 29.2 Å². The lowest BCUT2D eigenvalue weighted by Crippen LogP contribution is -2.40. The van der Waals surface area contributed by atoms with Gasteiger partial charge in [-0.15, -0.1) is 12.4 Å². The topological polar surface area (TPSA) is 71.4 Å². The van der Waals surface area contributed by atoms with Crippen LogP contribution in [0.5, 0.6) is 5.75 Å². The molecule has 0 spiro atoms. The van der Waals surface area contributed by atoms with Crippen LogP contribution in [0.1, 0.15) is 24.0 Å². The first-order valence-corrected chi connectivity index (χ1v) is 10.5. The molecule has 1 aliphatic rings. The number of hydrogen-bond acceptors (Lipinski definition) is 5. The van der Waals surface area contributed by atoms with Crippen LogP contribution in [0.2, 0.25) is 10.0 Å². The Morgan fingerprint density at radius 1 is 1.26 bits per heavy atom. The van der Waals surface area contributed by atoms with Gasteiger partial charge in [0.1, 0.15) is 18.1 Å². The number of aliphatic carboxylic acids is 1. The standard InChI is InChI=1S/C22H24Cl2N2O4.ClH/c1-29-18-6-2-4-15(12-18)21(19-8-7-17(23)13-20(19)24)25-30-11-10-26-9-3-5-16(14-26)22(27)28;/h2,4,6-8,12-13,16H,3,5,9-11,14H2,1H3,(H,27,28);1H/b25-21-;/t16-;/m1./s1. The zero-order valence-electron chi connectivity index (χ0n) is 17.1. The largest absolute Gasteiger partial charge is 0.497 e. The second kappa shape index (κ2) is 12.2. The molecule has 0 amide bonds. The van der Waals surface area contributed by atoms with Crippen LogP contribution < -0.4 is 4.74 Å². The van der Waals surface area contributed by atoms with Crippen molar-refractivity contribution < 1.29 is 19.5 Å². The number of ether oxygens (including phenoxy) is 1. The number of piperidine rings is 1. The average molecular weight is 488 g/mol. The third kappa shape index (κ3) is 7.01. The van der Waals surface area contributed by atoms with Crippen LogP contribution in [0.4, 0.5) is 0 Å². The maximum absolute atomic E-state index is 11.2. The van der Waals surface area contributed by atoms with Crippen LogP contribution in [-0.4, -0.2) is 55.0 Å². The molecule has 1 heterocycles. The van der Waals surface area contributed by atoms with Gasteiger partial charge in [-0.2, -0.15) is 0 Å². The number of carbonyl (C=O) groups is 1. The number of carboxylic acid groups (broad SMARTS) is 1. The number of rotatable bonds is 8. The summed E-state index contributed by atoms with van der Waals surface area (Å²) in [5.74, 6) is -0.364. The van der Waals surface area contributed by atoms with E-state index in [9.17, 15) is 9.90 Å². The number of halogens is 3. The lowest BCUT2D eigenvalue weighted by atomic mass is 9.98. The lowest BCUT2D eigenvalue weighted by molar-refractivity contribution is -0.143. The van der Waals surface area contributed by atoms with Crippen molar-refractivity contribution >= 4 is 47.3 Å². The average Bonchev–Trinajstić information content (AvgIpc) is 2.75. The first-order valence-electron chi connectivity index (χ1n) is 9.73. The molecule has 0 radical (unpaired) electrons. The van der Waals surface area contributed by atoms with E-state index in [0.717, 1.165) is 24.9 Å². The minimum absolute atomic E-state index is 0. The molecule has 0 aromatic heterocycles. The Bertz CT molecular complexity index is 923. The van der Waals surface area contributed by atoms with E-state index >= 15 is 0 Å². The fraction of sp³-hybridized carbons (Fsp3) is 0.364. The van der Waals surface area contributed by atoms with Crippen LogP contribution >= 0.6 is 35.6 Å². The van der Waals surface area contributed by atoms with Crippen LogP contribution in [0, 0.1) is 5.92 Å². The van der Waals surface area contributed by atoms with E-state index in [-0.39, 0.29) is 18.3 Å². The molecule has 3 rings (SSSR count). The molecule has 6 nitrogen and oxygen atoms in total. The van der Waals surface area contributed by atoms with Crippen LogP contribution in [0.3, 0.4) is 0 Å². The van der Waals surface area contributed by atoms with E-state index in [1.54, 1.807) is 25.3 Å². The molecule has 9 heteroatoms. The summed E-state index contributed by atoms with van der Waals surface area (Å²) in [6, 6.07) is 12.7. The molecular formula is C22H25Cl3N2O4. The smallest absolute Gasteiger partial charge is 0.307 e. The summed E-state index contributed by atoms with van der Waals surface area (Å²) < 4.78 is 5.32. The van der Waals surface area contributed by atoms with Gasteiger partial charge in [-0.25, -0.2) is 0 Å². The van der Waals surface area contributed by atoms with Gasteiger partial charge in [-0.1, -0.05) is 40.5 Å². The molecule has 2 aromatic rings. The normalized spacial score (nSPS) is 17.0. The summed E-state index contributed by atoms with van der Waals surface area (Å²) in [5, 5.41) is 14.6. The van der Waals surface area contributed by atoms with E-state index in [2.05, 4.69) is 10.1 Å². The summed E-state index contributed by atoms with van der Waals surface area (Å²) >= 11 is 12.5. The van der Waals surface area contributed by atoms with Gasteiger partial charge in [0.25, 0.3) is 0 Å². The van der Waals surface area contributed by atoms with E-state index in [0.29, 0.717) is 46.8 Å². The molecule has 1 saturated heterocycles. The minimum atomic E-state index is -0.740. The zero-order chi connectivity index (χ0) is 21.5. The van der Waals surface area contributed by atoms with Crippen LogP contribution in [0.25, 0.3) is 0 Å². The van der Waals surface area contributed by atoms with Gasteiger partial charge < -0.3 is 14.7 Å². The van der Waals surface area contributed by atoms with Crippen molar-refractivity contribution in [1.82, 2.24) is 4.90 Å². The third-order valence-electron chi connectivity index (χ3n) is 5.04. The molecule has 0 bridgehead atoms. The van der Waals surface area contributed by atoms with E-state index in [4.69, 9.17) is 32.8 Å². The predicted molar refractivity (Wildman–Crippen MR) is 125 cm³/mol. The molecule has 168 valence electrons. The highest BCUT2D eigenvalue weighted by Gasteiger charge is 2.25. The number of benzene rings is 2. The van der Waals surface area contributed by atoms with Crippen molar-refractivity contribution in [2.45, 2.75) is 12.8 Å². The van der Waals surface area contributed by atoms with Gasteiger partial charge in [0.2, 0.25) is 0 Å². The summed E-state index contributed by atoms with van der Waals surface area (Å²) in [5.41, 5.74) is 2.05. The molecule has 0 saturated carbocycles. The van der Waals surface area contributed by atoms with Gasteiger partial charge in [0.05, 0.1) is 18.1 Å². The maximum Gasteiger partial charge on any atom is 0.307 e. The number of oxime groups is 1. The Hall–Kier alpha value is -1.99. The Labute approximate surface area is 198 Å². The Morgan fingerprint density at radius 3 is 2.77 bits per heavy atom. The van der Waals surface area contributed by atoms with Crippen molar-refractivity contribution in [2.75, 3.05) is 33.4 Å². The fourth-order valence-corrected chi connectivity index (χ4v) is 3.95. The highest BCUT2D eigenvalue weighted by atomic mass is 35.5. The van der Waals surface area contributed by atoms with Crippen LogP contribution in [-0.2, 0) is 9.63 Å². The number of hydrogen-bond donors (Lipinski definition) is 1. The second-order valence-electron chi connectivity index (χ2n) is 7.11. The third-order valence-corrected chi connectivity index (χ3v) is 5.59. The second-order valence-corrected chi connectivity index (χ2v) is 7.95. The fourth-order valence-electron chi connectivity index (χ4n) is 3.45. The minimum Gasteiger partial charge on any atom is -0.497 e. The Kier molecular flexibility index (Phi) is 9.91. The number of nitrogens with zero attached hydrogens (tertiary/aromatic N) is 2. The van der Waals surface area contributed by atoms with Gasteiger partial charge in [-0.3, -0.25) is 9.69 Å². The van der Waals surface area contributed by atoms with E-state index < -0.39 is 5.97 Å². The SMILES string of the molecule is COc1cccc(/C(=N/OCCN2CCC[C@@H](C(=O)O)C2)c2ccc(Cl)cc2Cl)c1.Cl. The number of methoxy groups -OCH3 is 1. The summed E-state index contributed by atoms with van der Waals surface area (Å²) in [7, 11) is 1.60. The Balaban J connectivity index is 0.00000341. The molecule has 1 N–H and O–H groups in total. The molecule has 2 aromatic carbocycles. The van der Waals surface area contributed by atoms with Crippen molar-refractivity contribution in [1.29, 1.82) is 0 Å². The van der Waals surface area contributed by atoms with Crippen molar-refractivity contribution in [3.63, 3.8) is 0 Å². The van der Waals surface area contributed by atoms with E-state index in [1.165, 1.54) is 0 Å². The van der Waals surface area contributed by atoms with Gasteiger partial charge >= 0.3 is 5.97 Å². The molecule has 1 fully saturated rings. The summed E-state index contributed by atoms with van der Waals surface area (Å²) in [6.45, 7) is 2.34. The first-order chi connectivity index (χ1) is 14.5. The highest BCUT2D eigenvalue weighted by Crippen LogP contribution is 2.25. The Morgan fingerprint density at radius 2 is 2.06 bits per heavy atom. The van der Waals surface area contributed by atoms with Gasteiger partial charge in [0.15, 0.2) is 0 Å². The van der Waals surface area contributed by atoms with Crippen LogP contribution in [0.15, 0.2) is 47.6 Å². The maximum atomic E-state index is 11.2. The van der Waals surface area contributed by atoms with Crippen molar-refractivity contribution in [2.24, 2.45) is 11.1 Å². The monoisotopic (exact) mass is 486 g/mol. The number of carboxylic acids is 1. The zero-order valence-corrected chi connectivity index (χ0v) is 19.4. The molecular weight excluding hydrogens is 463 g/mol. The molecule has 0 aliphatic carbocycles. The summed E-state index contributed by atoms with van der Waals surface area (Å²) in [4.78, 5) is 19.0. The van der Waals surface area contributed by atoms with Gasteiger partial charge in [-0.05, 0) is 49.7 Å². The number of likely N-dealkylation sites (tertiary alicyclic amines) is 1. The lowest BCUT2D eigenvalue weighted by Gasteiger charge is -2.29. The van der Waals surface area contributed by atoms with Crippen molar-refractivity contribution in [3.8, 4) is 5.75 Å². The molecule has 0 unspecified atom stereocenters. The first kappa shape index (κ1) is 25.3. The molecule has 31 heavy (non-hydrogen) atoms.